The van der Waals surface area contributed by atoms with Gasteiger partial charge in [0.15, 0.2) is 0 Å². The number of nitriles is 1. The normalized spacial score (nSPS) is 22.6. The molecule has 0 aromatic carbocycles. The summed E-state index contributed by atoms with van der Waals surface area (Å²) in [5.74, 6) is 1.32. The van der Waals surface area contributed by atoms with Crippen LogP contribution in [0.4, 0.5) is 0 Å². The van der Waals surface area contributed by atoms with E-state index in [9.17, 15) is 4.79 Å². The van der Waals surface area contributed by atoms with E-state index in [4.69, 9.17) is 5.26 Å². The average Bonchev–Trinajstić information content (AvgIpc) is 2.45. The average molecular weight is 278 g/mol. The van der Waals surface area contributed by atoms with Crippen LogP contribution in [0.3, 0.4) is 0 Å². The molecule has 1 aliphatic carbocycles. The van der Waals surface area contributed by atoms with Crippen molar-refractivity contribution in [3.05, 3.63) is 0 Å². The molecule has 0 heterocycles. The van der Waals surface area contributed by atoms with Gasteiger partial charge in [0.25, 0.3) is 0 Å². The number of unbranched alkanes of at least 4 members (excludes halogenated alkanes) is 1. The molecule has 3 nitrogen and oxygen atoms in total. The number of nitrogens with zero attached hydrogens (tertiary/aromatic N) is 2. The van der Waals surface area contributed by atoms with E-state index >= 15 is 0 Å². The second-order valence-corrected chi connectivity index (χ2v) is 6.39. The third-order valence-corrected chi connectivity index (χ3v) is 4.53. The molecule has 0 aromatic heterocycles. The first kappa shape index (κ1) is 17.0. The highest BCUT2D eigenvalue weighted by Gasteiger charge is 2.30. The fourth-order valence-electron chi connectivity index (χ4n) is 3.22. The Bertz CT molecular complexity index is 324. The summed E-state index contributed by atoms with van der Waals surface area (Å²) in [7, 11) is 0. The number of amides is 1. The predicted octanol–water partition coefficient (Wildman–Crippen LogP) is 4.13. The molecule has 0 N–H and O–H groups in total. The highest BCUT2D eigenvalue weighted by molar-refractivity contribution is 5.79. The molecule has 0 aromatic rings. The van der Waals surface area contributed by atoms with Gasteiger partial charge in [0.05, 0.1) is 12.5 Å². The summed E-state index contributed by atoms with van der Waals surface area (Å²) in [6.45, 7) is 6.91. The van der Waals surface area contributed by atoms with Crippen molar-refractivity contribution < 1.29 is 4.79 Å². The molecule has 1 fully saturated rings. The highest BCUT2D eigenvalue weighted by Crippen LogP contribution is 2.33. The van der Waals surface area contributed by atoms with Crippen LogP contribution in [-0.4, -0.2) is 23.4 Å². The van der Waals surface area contributed by atoms with Gasteiger partial charge in [-0.05, 0) is 45.4 Å². The van der Waals surface area contributed by atoms with Crippen LogP contribution in [0.5, 0.6) is 0 Å². The SMILES string of the molecule is CCCCC1CCC(C(=O)N(CCC#N)C(C)C)CC1. The lowest BCUT2D eigenvalue weighted by Crippen LogP contribution is -2.42. The van der Waals surface area contributed by atoms with Gasteiger partial charge in [0.2, 0.25) is 5.91 Å². The third kappa shape index (κ3) is 5.15. The van der Waals surface area contributed by atoms with Crippen LogP contribution in [0.25, 0.3) is 0 Å². The molecule has 0 saturated heterocycles. The zero-order valence-electron chi connectivity index (χ0n) is 13.4. The molecule has 1 amide bonds. The highest BCUT2D eigenvalue weighted by atomic mass is 16.2. The molecule has 0 bridgehead atoms. The quantitative estimate of drug-likeness (QED) is 0.702. The Morgan fingerprint density at radius 1 is 1.30 bits per heavy atom. The summed E-state index contributed by atoms with van der Waals surface area (Å²) in [6, 6.07) is 2.35. The number of hydrogen-bond acceptors (Lipinski definition) is 2. The fourth-order valence-corrected chi connectivity index (χ4v) is 3.22. The number of carbonyl (C=O) groups is 1. The third-order valence-electron chi connectivity index (χ3n) is 4.53. The molecule has 0 aliphatic heterocycles. The maximum Gasteiger partial charge on any atom is 0.225 e. The monoisotopic (exact) mass is 278 g/mol. The fraction of sp³-hybridized carbons (Fsp3) is 0.882. The topological polar surface area (TPSA) is 44.1 Å². The van der Waals surface area contributed by atoms with Crippen LogP contribution < -0.4 is 0 Å². The molecule has 1 aliphatic rings. The van der Waals surface area contributed by atoms with Crippen molar-refractivity contribution >= 4 is 5.91 Å². The summed E-state index contributed by atoms with van der Waals surface area (Å²) in [6.07, 6.45) is 8.88. The molecule has 3 heteroatoms. The maximum atomic E-state index is 12.6. The first-order valence-electron chi connectivity index (χ1n) is 8.27. The van der Waals surface area contributed by atoms with Gasteiger partial charge in [-0.25, -0.2) is 0 Å². The van der Waals surface area contributed by atoms with Gasteiger partial charge >= 0.3 is 0 Å². The molecular weight excluding hydrogens is 248 g/mol. The van der Waals surface area contributed by atoms with Crippen molar-refractivity contribution in [1.82, 2.24) is 4.90 Å². The summed E-state index contributed by atoms with van der Waals surface area (Å²) >= 11 is 0. The molecule has 0 atom stereocenters. The molecule has 114 valence electrons. The lowest BCUT2D eigenvalue weighted by molar-refractivity contribution is -0.138. The first-order chi connectivity index (χ1) is 9.60. The Balaban J connectivity index is 2.45. The standard InChI is InChI=1S/C17H30N2O/c1-4-5-7-15-8-10-16(11-9-15)17(20)19(14(2)3)13-6-12-18/h14-16H,4-11,13H2,1-3H3. The molecule has 1 saturated carbocycles. The molecule has 1 rings (SSSR count). The second-order valence-electron chi connectivity index (χ2n) is 6.39. The van der Waals surface area contributed by atoms with E-state index in [-0.39, 0.29) is 17.9 Å². The number of rotatable bonds is 7. The van der Waals surface area contributed by atoms with Crippen LogP contribution in [0.15, 0.2) is 0 Å². The van der Waals surface area contributed by atoms with Crippen molar-refractivity contribution in [2.75, 3.05) is 6.54 Å². The molecule has 0 unspecified atom stereocenters. The Labute approximate surface area is 124 Å². The van der Waals surface area contributed by atoms with E-state index in [1.54, 1.807) is 0 Å². The van der Waals surface area contributed by atoms with Gasteiger partial charge in [-0.1, -0.05) is 26.2 Å². The summed E-state index contributed by atoms with van der Waals surface area (Å²) in [5.41, 5.74) is 0. The first-order valence-corrected chi connectivity index (χ1v) is 8.27. The van der Waals surface area contributed by atoms with E-state index in [0.717, 1.165) is 18.8 Å². The Morgan fingerprint density at radius 2 is 1.95 bits per heavy atom. The van der Waals surface area contributed by atoms with E-state index < -0.39 is 0 Å². The van der Waals surface area contributed by atoms with Gasteiger partial charge < -0.3 is 4.90 Å². The van der Waals surface area contributed by atoms with Crippen molar-refractivity contribution in [3.8, 4) is 6.07 Å². The van der Waals surface area contributed by atoms with Gasteiger partial charge in [-0.15, -0.1) is 0 Å². The van der Waals surface area contributed by atoms with Crippen LogP contribution in [-0.2, 0) is 4.79 Å². The lowest BCUT2D eigenvalue weighted by Gasteiger charge is -2.34. The Hall–Kier alpha value is -1.04. The van der Waals surface area contributed by atoms with Crippen LogP contribution in [0.2, 0.25) is 0 Å². The Morgan fingerprint density at radius 3 is 2.45 bits per heavy atom. The van der Waals surface area contributed by atoms with Crippen molar-refractivity contribution in [3.63, 3.8) is 0 Å². The zero-order chi connectivity index (χ0) is 15.0. The van der Waals surface area contributed by atoms with Gasteiger partial charge in [0, 0.05) is 18.5 Å². The van der Waals surface area contributed by atoms with Crippen LogP contribution in [0, 0.1) is 23.2 Å². The largest absolute Gasteiger partial charge is 0.339 e. The van der Waals surface area contributed by atoms with E-state index in [0.29, 0.717) is 13.0 Å². The van der Waals surface area contributed by atoms with Gasteiger partial charge in [0.1, 0.15) is 0 Å². The van der Waals surface area contributed by atoms with Gasteiger partial charge in [-0.3, -0.25) is 4.79 Å². The van der Waals surface area contributed by atoms with Crippen LogP contribution in [0.1, 0.15) is 72.1 Å². The van der Waals surface area contributed by atoms with Crippen molar-refractivity contribution in [1.29, 1.82) is 5.26 Å². The molecule has 20 heavy (non-hydrogen) atoms. The minimum atomic E-state index is 0.202. The summed E-state index contributed by atoms with van der Waals surface area (Å²) < 4.78 is 0. The predicted molar refractivity (Wildman–Crippen MR) is 82.1 cm³/mol. The molecule has 0 spiro atoms. The van der Waals surface area contributed by atoms with E-state index in [1.807, 2.05) is 18.7 Å². The molecular formula is C17H30N2O. The summed E-state index contributed by atoms with van der Waals surface area (Å²) in [4.78, 5) is 14.5. The van der Waals surface area contributed by atoms with Crippen molar-refractivity contribution in [2.45, 2.75) is 78.2 Å². The number of carbonyl (C=O) groups excluding carboxylic acids is 1. The minimum absolute atomic E-state index is 0.202. The summed E-state index contributed by atoms with van der Waals surface area (Å²) in [5, 5.41) is 8.72. The van der Waals surface area contributed by atoms with Crippen molar-refractivity contribution in [2.24, 2.45) is 11.8 Å². The zero-order valence-corrected chi connectivity index (χ0v) is 13.4. The van der Waals surface area contributed by atoms with Crippen LogP contribution >= 0.6 is 0 Å². The minimum Gasteiger partial charge on any atom is -0.339 e. The van der Waals surface area contributed by atoms with E-state index in [2.05, 4.69) is 13.0 Å². The molecule has 0 radical (unpaired) electrons. The van der Waals surface area contributed by atoms with E-state index in [1.165, 1.54) is 32.1 Å². The maximum absolute atomic E-state index is 12.6. The second kappa shape index (κ2) is 9.00. The smallest absolute Gasteiger partial charge is 0.225 e. The van der Waals surface area contributed by atoms with Gasteiger partial charge in [-0.2, -0.15) is 5.26 Å². The lowest BCUT2D eigenvalue weighted by atomic mass is 9.79. The Kier molecular flexibility index (Phi) is 7.65. The number of hydrogen-bond donors (Lipinski definition) is 0.